The highest BCUT2D eigenvalue weighted by Gasteiger charge is 2.37. The smallest absolute Gasteiger partial charge is 0.408 e. The maximum Gasteiger partial charge on any atom is 0.408 e. The van der Waals surface area contributed by atoms with Gasteiger partial charge in [0.2, 0.25) is 17.7 Å². The molecule has 4 amide bonds. The summed E-state index contributed by atoms with van der Waals surface area (Å²) in [7, 11) is 0. The first kappa shape index (κ1) is 30.9. The fourth-order valence-electron chi connectivity index (χ4n) is 3.64. The number of rotatable bonds is 12. The van der Waals surface area contributed by atoms with Gasteiger partial charge in [-0.3, -0.25) is 14.4 Å². The Morgan fingerprint density at radius 3 is 2.11 bits per heavy atom. The van der Waals surface area contributed by atoms with Crippen molar-refractivity contribution in [2.45, 2.75) is 104 Å². The minimum absolute atomic E-state index is 0.0138. The van der Waals surface area contributed by atoms with Gasteiger partial charge in [-0.25, -0.2) is 4.79 Å². The molecule has 0 heterocycles. The molecule has 0 aliphatic carbocycles. The van der Waals surface area contributed by atoms with Crippen molar-refractivity contribution in [3.63, 3.8) is 0 Å². The zero-order valence-corrected chi connectivity index (χ0v) is 22.8. The molecular weight excluding hydrogens is 460 g/mol. The van der Waals surface area contributed by atoms with Gasteiger partial charge in [0, 0.05) is 18.5 Å². The summed E-state index contributed by atoms with van der Waals surface area (Å²) in [6.07, 6.45) is 1.54. The normalized spacial score (nSPS) is 13.3. The maximum atomic E-state index is 14.0. The van der Waals surface area contributed by atoms with Gasteiger partial charge in [0.15, 0.2) is 0 Å². The van der Waals surface area contributed by atoms with E-state index in [0.29, 0.717) is 18.5 Å². The predicted molar refractivity (Wildman–Crippen MR) is 140 cm³/mol. The van der Waals surface area contributed by atoms with Crippen LogP contribution in [0.4, 0.5) is 4.79 Å². The number of benzene rings is 1. The van der Waals surface area contributed by atoms with Crippen molar-refractivity contribution in [2.24, 2.45) is 5.73 Å². The van der Waals surface area contributed by atoms with Gasteiger partial charge in [0.25, 0.3) is 0 Å². The largest absolute Gasteiger partial charge is 0.444 e. The molecule has 202 valence electrons. The summed E-state index contributed by atoms with van der Waals surface area (Å²) in [6.45, 7) is 13.1. The van der Waals surface area contributed by atoms with Crippen LogP contribution < -0.4 is 16.4 Å². The number of hydrogen-bond acceptors (Lipinski definition) is 5. The van der Waals surface area contributed by atoms with Gasteiger partial charge in [0.05, 0.1) is 0 Å². The van der Waals surface area contributed by atoms with Crippen LogP contribution in [-0.4, -0.2) is 52.4 Å². The standard InChI is InChI=1S/C27H44N4O5/c1-8-9-13-18-31(22(19-14-11-10-12-15-19)23(33)30-26(2,3)4)24(34)20(16-17-21(28)32)29-25(35)36-27(5,6)7/h10-12,14-15,20,22H,8-9,13,16-18H2,1-7H3,(H2,28,32)(H,29,35)(H,30,33). The number of alkyl carbamates (subject to hydrolysis) is 1. The van der Waals surface area contributed by atoms with Gasteiger partial charge in [-0.1, -0.05) is 50.1 Å². The molecule has 9 heteroatoms. The summed E-state index contributed by atoms with van der Waals surface area (Å²) in [6, 6.07) is 7.04. The number of primary amides is 1. The van der Waals surface area contributed by atoms with Crippen LogP contribution in [-0.2, 0) is 19.1 Å². The SMILES string of the molecule is CCCCCN(C(=O)C(CCC(N)=O)NC(=O)OC(C)(C)C)C(C(=O)NC(C)(C)C)c1ccccc1. The Kier molecular flexibility index (Phi) is 11.9. The number of hydrogen-bond donors (Lipinski definition) is 3. The van der Waals surface area contributed by atoms with Crippen LogP contribution in [0.1, 0.15) is 92.2 Å². The Morgan fingerprint density at radius 2 is 1.61 bits per heavy atom. The van der Waals surface area contributed by atoms with E-state index in [9.17, 15) is 19.2 Å². The van der Waals surface area contributed by atoms with Crippen molar-refractivity contribution >= 4 is 23.8 Å². The van der Waals surface area contributed by atoms with Crippen molar-refractivity contribution in [3.8, 4) is 0 Å². The van der Waals surface area contributed by atoms with Crippen molar-refractivity contribution < 1.29 is 23.9 Å². The molecule has 0 radical (unpaired) electrons. The number of carbonyl (C=O) groups excluding carboxylic acids is 4. The van der Waals surface area contributed by atoms with Crippen molar-refractivity contribution in [3.05, 3.63) is 35.9 Å². The van der Waals surface area contributed by atoms with Crippen molar-refractivity contribution in [1.29, 1.82) is 0 Å². The number of nitrogens with one attached hydrogen (secondary N) is 2. The van der Waals surface area contributed by atoms with Gasteiger partial charge in [-0.15, -0.1) is 0 Å². The number of carbonyl (C=O) groups is 4. The quantitative estimate of drug-likeness (QED) is 0.373. The van der Waals surface area contributed by atoms with Crippen LogP contribution in [0.15, 0.2) is 30.3 Å². The zero-order valence-electron chi connectivity index (χ0n) is 22.8. The summed E-state index contributed by atoms with van der Waals surface area (Å²) in [5.41, 5.74) is 4.69. The Bertz CT molecular complexity index is 874. The first-order valence-corrected chi connectivity index (χ1v) is 12.6. The molecule has 1 aromatic carbocycles. The molecule has 0 fully saturated rings. The average molecular weight is 505 g/mol. The third-order valence-corrected chi connectivity index (χ3v) is 5.13. The lowest BCUT2D eigenvalue weighted by Crippen LogP contribution is -2.55. The second-order valence-electron chi connectivity index (χ2n) is 11.0. The molecule has 1 rings (SSSR count). The minimum Gasteiger partial charge on any atom is -0.444 e. The van der Waals surface area contributed by atoms with Crippen LogP contribution in [0, 0.1) is 0 Å². The lowest BCUT2D eigenvalue weighted by molar-refractivity contribution is -0.143. The van der Waals surface area contributed by atoms with E-state index >= 15 is 0 Å². The molecule has 0 aliphatic rings. The van der Waals surface area contributed by atoms with Crippen LogP contribution in [0.25, 0.3) is 0 Å². The molecule has 4 N–H and O–H groups in total. The van der Waals surface area contributed by atoms with Gasteiger partial charge in [-0.05, 0) is 59.9 Å². The van der Waals surface area contributed by atoms with E-state index in [1.165, 1.54) is 4.90 Å². The first-order valence-electron chi connectivity index (χ1n) is 12.6. The topological polar surface area (TPSA) is 131 Å². The molecule has 9 nitrogen and oxygen atoms in total. The van der Waals surface area contributed by atoms with Crippen LogP contribution in [0.2, 0.25) is 0 Å². The predicted octanol–water partition coefficient (Wildman–Crippen LogP) is 3.82. The van der Waals surface area contributed by atoms with E-state index in [2.05, 4.69) is 10.6 Å². The second-order valence-corrected chi connectivity index (χ2v) is 11.0. The fourth-order valence-corrected chi connectivity index (χ4v) is 3.64. The van der Waals surface area contributed by atoms with Crippen LogP contribution in [0.5, 0.6) is 0 Å². The third kappa shape index (κ3) is 11.6. The fraction of sp³-hybridized carbons (Fsp3) is 0.630. The van der Waals surface area contributed by atoms with Gasteiger partial charge >= 0.3 is 6.09 Å². The molecule has 0 bridgehead atoms. The minimum atomic E-state index is -1.09. The van der Waals surface area contributed by atoms with Crippen LogP contribution >= 0.6 is 0 Å². The Hall–Kier alpha value is -3.10. The molecule has 0 saturated carbocycles. The number of ether oxygens (including phenoxy) is 1. The van der Waals surface area contributed by atoms with E-state index in [0.717, 1.165) is 12.8 Å². The molecule has 2 unspecified atom stereocenters. The molecular formula is C27H44N4O5. The number of amides is 4. The molecule has 0 saturated heterocycles. The third-order valence-electron chi connectivity index (χ3n) is 5.13. The van der Waals surface area contributed by atoms with Crippen molar-refractivity contribution in [1.82, 2.24) is 15.5 Å². The Labute approximate surface area is 215 Å². The van der Waals surface area contributed by atoms with E-state index in [-0.39, 0.29) is 18.7 Å². The summed E-state index contributed by atoms with van der Waals surface area (Å²) in [5, 5.41) is 5.59. The summed E-state index contributed by atoms with van der Waals surface area (Å²) >= 11 is 0. The zero-order chi connectivity index (χ0) is 27.5. The maximum absolute atomic E-state index is 14.0. The van der Waals surface area contributed by atoms with Gasteiger partial charge in [-0.2, -0.15) is 0 Å². The van der Waals surface area contributed by atoms with Gasteiger partial charge < -0.3 is 26.0 Å². The summed E-state index contributed by atoms with van der Waals surface area (Å²) < 4.78 is 5.35. The summed E-state index contributed by atoms with van der Waals surface area (Å²) in [5.74, 6) is -1.40. The summed E-state index contributed by atoms with van der Waals surface area (Å²) in [4.78, 5) is 53.1. The number of unbranched alkanes of at least 4 members (excludes halogenated alkanes) is 2. The van der Waals surface area contributed by atoms with Crippen molar-refractivity contribution in [2.75, 3.05) is 6.54 Å². The highest BCUT2D eigenvalue weighted by Crippen LogP contribution is 2.25. The average Bonchev–Trinajstić information content (AvgIpc) is 2.73. The molecule has 2 atom stereocenters. The van der Waals surface area contributed by atoms with Crippen LogP contribution in [0.3, 0.4) is 0 Å². The molecule has 1 aromatic rings. The molecule has 0 aliphatic heterocycles. The van der Waals surface area contributed by atoms with E-state index < -0.39 is 41.1 Å². The lowest BCUT2D eigenvalue weighted by Gasteiger charge is -2.36. The first-order chi connectivity index (χ1) is 16.6. The number of nitrogens with two attached hydrogens (primary N) is 1. The number of nitrogens with zero attached hydrogens (tertiary/aromatic N) is 1. The monoisotopic (exact) mass is 504 g/mol. The lowest BCUT2D eigenvalue weighted by atomic mass is 9.99. The molecule has 0 spiro atoms. The Balaban J connectivity index is 3.46. The van der Waals surface area contributed by atoms with E-state index in [1.807, 2.05) is 45.9 Å². The van der Waals surface area contributed by atoms with Gasteiger partial charge in [0.1, 0.15) is 17.7 Å². The van der Waals surface area contributed by atoms with E-state index in [1.54, 1.807) is 32.9 Å². The second kappa shape index (κ2) is 13.8. The Morgan fingerprint density at radius 1 is 1.00 bits per heavy atom. The molecule has 36 heavy (non-hydrogen) atoms. The molecule has 0 aromatic heterocycles. The highest BCUT2D eigenvalue weighted by atomic mass is 16.6. The highest BCUT2D eigenvalue weighted by molar-refractivity contribution is 5.92. The van der Waals surface area contributed by atoms with E-state index in [4.69, 9.17) is 10.5 Å².